The van der Waals surface area contributed by atoms with Crippen LogP contribution in [0.4, 0.5) is 11.4 Å². The maximum atomic E-state index is 12.5. The lowest BCUT2D eigenvalue weighted by Gasteiger charge is -2.25. The molecule has 0 heterocycles. The molecule has 146 valence electrons. The first-order chi connectivity index (χ1) is 12.6. The molecule has 0 amide bonds. The fourth-order valence-corrected chi connectivity index (χ4v) is 3.65. The third kappa shape index (κ3) is 5.25. The topological polar surface area (TPSA) is 95.8 Å². The molecular formula is C18H24N4O4S. The van der Waals surface area contributed by atoms with E-state index >= 15 is 0 Å². The zero-order valence-electron chi connectivity index (χ0n) is 15.8. The first kappa shape index (κ1) is 20.8. The van der Waals surface area contributed by atoms with Gasteiger partial charge in [0.15, 0.2) is 0 Å². The van der Waals surface area contributed by atoms with Gasteiger partial charge in [-0.1, -0.05) is 12.1 Å². The van der Waals surface area contributed by atoms with Gasteiger partial charge in [-0.05, 0) is 43.9 Å². The number of sulfonamides is 1. The summed E-state index contributed by atoms with van der Waals surface area (Å²) in [6, 6.07) is 12.6. The van der Waals surface area contributed by atoms with E-state index in [1.54, 1.807) is 0 Å². The minimum absolute atomic E-state index is 0.00596. The van der Waals surface area contributed by atoms with Gasteiger partial charge in [0.2, 0.25) is 10.0 Å². The first-order valence-corrected chi connectivity index (χ1v) is 9.78. The SMILES string of the molecule is CN(C)c1ccc(C(CNS(=O)(=O)c2ccc([N+](=O)[O-])cc2)N(C)C)cc1. The maximum absolute atomic E-state index is 12.5. The van der Waals surface area contributed by atoms with E-state index in [2.05, 4.69) is 4.72 Å². The van der Waals surface area contributed by atoms with E-state index in [1.807, 2.05) is 62.3 Å². The number of nitro benzene ring substituents is 1. The molecule has 2 rings (SSSR count). The van der Waals surface area contributed by atoms with Gasteiger partial charge in [0.05, 0.1) is 9.82 Å². The van der Waals surface area contributed by atoms with Gasteiger partial charge in [0, 0.05) is 44.5 Å². The van der Waals surface area contributed by atoms with Crippen LogP contribution in [0.25, 0.3) is 0 Å². The van der Waals surface area contributed by atoms with Gasteiger partial charge in [-0.15, -0.1) is 0 Å². The Morgan fingerprint density at radius 1 is 1.00 bits per heavy atom. The highest BCUT2D eigenvalue weighted by molar-refractivity contribution is 7.89. The summed E-state index contributed by atoms with van der Waals surface area (Å²) in [6.07, 6.45) is 0. The average molecular weight is 392 g/mol. The summed E-state index contributed by atoms with van der Waals surface area (Å²) in [4.78, 5) is 14.1. The zero-order chi connectivity index (χ0) is 20.2. The van der Waals surface area contributed by atoms with E-state index < -0.39 is 14.9 Å². The lowest BCUT2D eigenvalue weighted by Crippen LogP contribution is -2.34. The van der Waals surface area contributed by atoms with Crippen molar-refractivity contribution in [3.63, 3.8) is 0 Å². The Morgan fingerprint density at radius 2 is 1.56 bits per heavy atom. The van der Waals surface area contributed by atoms with Crippen molar-refractivity contribution < 1.29 is 13.3 Å². The van der Waals surface area contributed by atoms with Crippen LogP contribution >= 0.6 is 0 Å². The molecule has 0 aliphatic carbocycles. The molecule has 1 atom stereocenters. The van der Waals surface area contributed by atoms with Crippen LogP contribution in [0, 0.1) is 10.1 Å². The average Bonchev–Trinajstić information content (AvgIpc) is 2.62. The van der Waals surface area contributed by atoms with Crippen LogP contribution in [0.15, 0.2) is 53.4 Å². The number of benzene rings is 2. The molecule has 8 nitrogen and oxygen atoms in total. The summed E-state index contributed by atoms with van der Waals surface area (Å²) in [6.45, 7) is 0.174. The number of likely N-dealkylation sites (N-methyl/N-ethyl adjacent to an activating group) is 1. The Kier molecular flexibility index (Phi) is 6.53. The highest BCUT2D eigenvalue weighted by atomic mass is 32.2. The molecule has 0 radical (unpaired) electrons. The van der Waals surface area contributed by atoms with Crippen molar-refractivity contribution in [1.29, 1.82) is 0 Å². The van der Waals surface area contributed by atoms with Crippen molar-refractivity contribution in [3.8, 4) is 0 Å². The number of nitrogens with zero attached hydrogens (tertiary/aromatic N) is 3. The number of hydrogen-bond donors (Lipinski definition) is 1. The second-order valence-corrected chi connectivity index (χ2v) is 8.34. The fourth-order valence-electron chi connectivity index (χ4n) is 2.61. The first-order valence-electron chi connectivity index (χ1n) is 8.29. The molecule has 0 aromatic heterocycles. The Balaban J connectivity index is 2.15. The van der Waals surface area contributed by atoms with Gasteiger partial charge in [-0.25, -0.2) is 13.1 Å². The van der Waals surface area contributed by atoms with Crippen molar-refractivity contribution in [1.82, 2.24) is 9.62 Å². The minimum Gasteiger partial charge on any atom is -0.378 e. The molecule has 2 aromatic carbocycles. The molecule has 0 saturated heterocycles. The third-order valence-electron chi connectivity index (χ3n) is 4.24. The highest BCUT2D eigenvalue weighted by Crippen LogP contribution is 2.22. The molecule has 0 saturated carbocycles. The largest absolute Gasteiger partial charge is 0.378 e. The number of rotatable bonds is 8. The lowest BCUT2D eigenvalue weighted by atomic mass is 10.1. The Morgan fingerprint density at radius 3 is 2.00 bits per heavy atom. The predicted molar refractivity (Wildman–Crippen MR) is 105 cm³/mol. The molecule has 0 aliphatic rings. The summed E-state index contributed by atoms with van der Waals surface area (Å²) in [7, 11) is 3.90. The van der Waals surface area contributed by atoms with E-state index in [1.165, 1.54) is 24.3 Å². The summed E-state index contributed by atoms with van der Waals surface area (Å²) >= 11 is 0. The second-order valence-electron chi connectivity index (χ2n) is 6.57. The highest BCUT2D eigenvalue weighted by Gasteiger charge is 2.20. The number of non-ortho nitro benzene ring substituents is 1. The van der Waals surface area contributed by atoms with Crippen LogP contribution in [0.2, 0.25) is 0 Å². The van der Waals surface area contributed by atoms with Gasteiger partial charge in [-0.3, -0.25) is 10.1 Å². The summed E-state index contributed by atoms with van der Waals surface area (Å²) in [5, 5.41) is 10.7. The molecule has 27 heavy (non-hydrogen) atoms. The maximum Gasteiger partial charge on any atom is 0.269 e. The van der Waals surface area contributed by atoms with E-state index in [-0.39, 0.29) is 23.2 Å². The molecule has 9 heteroatoms. The van der Waals surface area contributed by atoms with Crippen LogP contribution in [-0.2, 0) is 10.0 Å². The molecule has 0 aliphatic heterocycles. The van der Waals surface area contributed by atoms with Crippen LogP contribution in [-0.4, -0.2) is 53.0 Å². The molecule has 1 unspecified atom stereocenters. The standard InChI is InChI=1S/C18H24N4O4S/c1-20(2)15-7-5-14(6-8-15)18(21(3)4)13-19-27(25,26)17-11-9-16(10-12-17)22(23)24/h5-12,18-19H,13H2,1-4H3. The Labute approximate surface area is 159 Å². The predicted octanol–water partition coefficient (Wildman–Crippen LogP) is 2.24. The van der Waals surface area contributed by atoms with Crippen LogP contribution in [0.5, 0.6) is 0 Å². The van der Waals surface area contributed by atoms with E-state index in [0.717, 1.165) is 11.3 Å². The minimum atomic E-state index is -3.77. The number of anilines is 1. The summed E-state index contributed by atoms with van der Waals surface area (Å²) in [5.41, 5.74) is 1.89. The quantitative estimate of drug-likeness (QED) is 0.547. The zero-order valence-corrected chi connectivity index (χ0v) is 16.6. The molecule has 0 fully saturated rings. The van der Waals surface area contributed by atoms with Crippen LogP contribution in [0.3, 0.4) is 0 Å². The fraction of sp³-hybridized carbons (Fsp3) is 0.333. The molecule has 2 aromatic rings. The van der Waals surface area contributed by atoms with Crippen molar-refractivity contribution in [3.05, 3.63) is 64.2 Å². The molecule has 0 bridgehead atoms. The van der Waals surface area contributed by atoms with E-state index in [9.17, 15) is 18.5 Å². The van der Waals surface area contributed by atoms with E-state index in [0.29, 0.717) is 0 Å². The third-order valence-corrected chi connectivity index (χ3v) is 5.68. The molecule has 0 spiro atoms. The van der Waals surface area contributed by atoms with Gasteiger partial charge < -0.3 is 9.80 Å². The normalized spacial score (nSPS) is 12.8. The molecular weight excluding hydrogens is 368 g/mol. The number of nitrogens with one attached hydrogen (secondary N) is 1. The summed E-state index contributed by atoms with van der Waals surface area (Å²) in [5.74, 6) is 0. The second kappa shape index (κ2) is 8.47. The van der Waals surface area contributed by atoms with Gasteiger partial charge in [-0.2, -0.15) is 0 Å². The molecule has 1 N–H and O–H groups in total. The lowest BCUT2D eigenvalue weighted by molar-refractivity contribution is -0.384. The van der Waals surface area contributed by atoms with E-state index in [4.69, 9.17) is 0 Å². The Bertz CT molecular complexity index is 879. The smallest absolute Gasteiger partial charge is 0.269 e. The van der Waals surface area contributed by atoms with Crippen molar-refractivity contribution in [2.75, 3.05) is 39.6 Å². The van der Waals surface area contributed by atoms with Crippen molar-refractivity contribution in [2.45, 2.75) is 10.9 Å². The number of nitro groups is 1. The monoisotopic (exact) mass is 392 g/mol. The number of hydrogen-bond acceptors (Lipinski definition) is 6. The van der Waals surface area contributed by atoms with Gasteiger partial charge >= 0.3 is 0 Å². The van der Waals surface area contributed by atoms with Gasteiger partial charge in [0.1, 0.15) is 0 Å². The van der Waals surface area contributed by atoms with Crippen LogP contribution in [0.1, 0.15) is 11.6 Å². The van der Waals surface area contributed by atoms with Gasteiger partial charge in [0.25, 0.3) is 5.69 Å². The van der Waals surface area contributed by atoms with Crippen molar-refractivity contribution >= 4 is 21.4 Å². The van der Waals surface area contributed by atoms with Crippen LogP contribution < -0.4 is 9.62 Å². The Hall–Kier alpha value is -2.49. The van der Waals surface area contributed by atoms with Crippen molar-refractivity contribution in [2.24, 2.45) is 0 Å². The summed E-state index contributed by atoms with van der Waals surface area (Å²) < 4.78 is 27.6.